The number of nitrogen functional groups attached to an aromatic ring is 1. The van der Waals surface area contributed by atoms with Crippen molar-refractivity contribution in [1.82, 2.24) is 9.97 Å². The number of anilines is 1. The predicted octanol–water partition coefficient (Wildman–Crippen LogP) is 3.04. The number of rotatable bonds is 2. The summed E-state index contributed by atoms with van der Waals surface area (Å²) in [5.41, 5.74) is 11.5. The summed E-state index contributed by atoms with van der Waals surface area (Å²) in [6.07, 6.45) is 0.883. The smallest absolute Gasteiger partial charge is 0.198 e. The average molecular weight is 237 g/mol. The van der Waals surface area contributed by atoms with Gasteiger partial charge in [0.25, 0.3) is 0 Å². The Kier molecular flexibility index (Phi) is 2.52. The largest absolute Gasteiger partial charge is 0.369 e. The molecule has 0 bridgehead atoms. The summed E-state index contributed by atoms with van der Waals surface area (Å²) in [4.78, 5) is 7.47. The molecular formula is C15H15N3. The topological polar surface area (TPSA) is 54.7 Å². The van der Waals surface area contributed by atoms with E-state index in [1.165, 1.54) is 16.7 Å². The van der Waals surface area contributed by atoms with E-state index in [9.17, 15) is 0 Å². The molecule has 0 atom stereocenters. The number of hydrogen-bond donors (Lipinski definition) is 2. The number of hydrogen-bond acceptors (Lipinski definition) is 2. The maximum Gasteiger partial charge on any atom is 0.198 e. The molecule has 0 saturated heterocycles. The lowest BCUT2D eigenvalue weighted by Gasteiger charge is -2.06. The first-order chi connectivity index (χ1) is 8.74. The van der Waals surface area contributed by atoms with Gasteiger partial charge in [-0.25, -0.2) is 4.98 Å². The zero-order chi connectivity index (χ0) is 12.5. The number of nitrogens with two attached hydrogens (primary N) is 1. The van der Waals surface area contributed by atoms with E-state index in [1.54, 1.807) is 0 Å². The molecule has 3 N–H and O–H groups in total. The SMILES string of the molecule is Cc1ccc2[nH]c(N)nc2c1Cc1ccccc1. The number of fused-ring (bicyclic) bond motifs is 1. The van der Waals surface area contributed by atoms with Crippen molar-refractivity contribution in [2.45, 2.75) is 13.3 Å². The van der Waals surface area contributed by atoms with Gasteiger partial charge >= 0.3 is 0 Å². The fourth-order valence-corrected chi connectivity index (χ4v) is 2.28. The quantitative estimate of drug-likeness (QED) is 0.719. The summed E-state index contributed by atoms with van der Waals surface area (Å²) >= 11 is 0. The Hall–Kier alpha value is -2.29. The molecule has 1 aromatic heterocycles. The standard InChI is InChI=1S/C15H15N3/c1-10-7-8-13-14(18-15(16)17-13)12(10)9-11-5-3-2-4-6-11/h2-8H,9H2,1H3,(H3,16,17,18). The predicted molar refractivity (Wildman–Crippen MR) is 74.5 cm³/mol. The fourth-order valence-electron chi connectivity index (χ4n) is 2.28. The van der Waals surface area contributed by atoms with Gasteiger partial charge in [0.05, 0.1) is 11.0 Å². The third kappa shape index (κ3) is 1.84. The number of aryl methyl sites for hydroxylation is 1. The lowest BCUT2D eigenvalue weighted by atomic mass is 9.99. The van der Waals surface area contributed by atoms with E-state index in [0.717, 1.165) is 17.5 Å². The van der Waals surface area contributed by atoms with Crippen LogP contribution in [0.1, 0.15) is 16.7 Å². The van der Waals surface area contributed by atoms with Crippen molar-refractivity contribution in [2.75, 3.05) is 5.73 Å². The first-order valence-electron chi connectivity index (χ1n) is 6.01. The Morgan fingerprint density at radius 3 is 2.67 bits per heavy atom. The number of aromatic amines is 1. The zero-order valence-corrected chi connectivity index (χ0v) is 10.3. The van der Waals surface area contributed by atoms with Crippen molar-refractivity contribution in [3.63, 3.8) is 0 Å². The second kappa shape index (κ2) is 4.18. The van der Waals surface area contributed by atoms with Crippen LogP contribution in [0.15, 0.2) is 42.5 Å². The van der Waals surface area contributed by atoms with Crippen molar-refractivity contribution in [2.24, 2.45) is 0 Å². The van der Waals surface area contributed by atoms with Crippen LogP contribution in [0.3, 0.4) is 0 Å². The third-order valence-electron chi connectivity index (χ3n) is 3.24. The molecule has 90 valence electrons. The van der Waals surface area contributed by atoms with Crippen molar-refractivity contribution in [1.29, 1.82) is 0 Å². The molecule has 0 unspecified atom stereocenters. The van der Waals surface area contributed by atoms with Gasteiger partial charge in [0.2, 0.25) is 0 Å². The molecule has 0 fully saturated rings. The summed E-state index contributed by atoms with van der Waals surface area (Å²) in [5.74, 6) is 0.477. The summed E-state index contributed by atoms with van der Waals surface area (Å²) in [6, 6.07) is 14.6. The highest BCUT2D eigenvalue weighted by Gasteiger charge is 2.09. The van der Waals surface area contributed by atoms with Crippen molar-refractivity contribution in [3.8, 4) is 0 Å². The Labute approximate surface area is 106 Å². The third-order valence-corrected chi connectivity index (χ3v) is 3.24. The molecule has 18 heavy (non-hydrogen) atoms. The normalized spacial score (nSPS) is 10.9. The molecule has 0 spiro atoms. The van der Waals surface area contributed by atoms with E-state index < -0.39 is 0 Å². The first kappa shape index (κ1) is 10.8. The number of nitrogens with one attached hydrogen (secondary N) is 1. The maximum absolute atomic E-state index is 5.74. The second-order valence-electron chi connectivity index (χ2n) is 4.54. The molecule has 3 rings (SSSR count). The molecule has 3 heteroatoms. The molecule has 0 saturated carbocycles. The molecule has 0 radical (unpaired) electrons. The highest BCUT2D eigenvalue weighted by atomic mass is 15.0. The van der Waals surface area contributed by atoms with Gasteiger partial charge in [0, 0.05) is 0 Å². The van der Waals surface area contributed by atoms with Crippen LogP contribution in [0.25, 0.3) is 11.0 Å². The number of imidazole rings is 1. The average Bonchev–Trinajstić information content (AvgIpc) is 2.75. The van der Waals surface area contributed by atoms with Crippen LogP contribution in [0.5, 0.6) is 0 Å². The molecule has 2 aromatic carbocycles. The van der Waals surface area contributed by atoms with E-state index in [4.69, 9.17) is 5.73 Å². The second-order valence-corrected chi connectivity index (χ2v) is 4.54. The minimum atomic E-state index is 0.477. The molecule has 3 nitrogen and oxygen atoms in total. The van der Waals surface area contributed by atoms with Gasteiger partial charge in [-0.2, -0.15) is 0 Å². The zero-order valence-electron chi connectivity index (χ0n) is 10.3. The van der Waals surface area contributed by atoms with E-state index in [-0.39, 0.29) is 0 Å². The summed E-state index contributed by atoms with van der Waals surface area (Å²) in [7, 11) is 0. The minimum absolute atomic E-state index is 0.477. The van der Waals surface area contributed by atoms with E-state index in [2.05, 4.69) is 47.2 Å². The van der Waals surface area contributed by atoms with Gasteiger partial charge in [-0.3, -0.25) is 0 Å². The van der Waals surface area contributed by atoms with Gasteiger partial charge in [0.1, 0.15) is 0 Å². The van der Waals surface area contributed by atoms with Crippen molar-refractivity contribution < 1.29 is 0 Å². The molecule has 0 aliphatic rings. The van der Waals surface area contributed by atoms with E-state index >= 15 is 0 Å². The van der Waals surface area contributed by atoms with Gasteiger partial charge < -0.3 is 10.7 Å². The van der Waals surface area contributed by atoms with Crippen LogP contribution in [0.2, 0.25) is 0 Å². The highest BCUT2D eigenvalue weighted by Crippen LogP contribution is 2.23. The van der Waals surface area contributed by atoms with Crippen molar-refractivity contribution >= 4 is 17.0 Å². The summed E-state index contributed by atoms with van der Waals surface area (Å²) < 4.78 is 0. The van der Waals surface area contributed by atoms with Crippen LogP contribution in [-0.2, 0) is 6.42 Å². The Bertz CT molecular complexity index is 684. The molecule has 0 amide bonds. The van der Waals surface area contributed by atoms with E-state index in [1.807, 2.05) is 12.1 Å². The Morgan fingerprint density at radius 1 is 1.11 bits per heavy atom. The summed E-state index contributed by atoms with van der Waals surface area (Å²) in [6.45, 7) is 2.11. The van der Waals surface area contributed by atoms with Crippen LogP contribution >= 0.6 is 0 Å². The van der Waals surface area contributed by atoms with Crippen LogP contribution in [0.4, 0.5) is 5.95 Å². The number of aromatic nitrogens is 2. The van der Waals surface area contributed by atoms with Gasteiger partial charge in [-0.15, -0.1) is 0 Å². The molecule has 3 aromatic rings. The lowest BCUT2D eigenvalue weighted by molar-refractivity contribution is 1.17. The van der Waals surface area contributed by atoms with Crippen LogP contribution < -0.4 is 5.73 Å². The highest BCUT2D eigenvalue weighted by molar-refractivity contribution is 5.82. The molecular weight excluding hydrogens is 222 g/mol. The number of H-pyrrole nitrogens is 1. The van der Waals surface area contributed by atoms with E-state index in [0.29, 0.717) is 5.95 Å². The van der Waals surface area contributed by atoms with Crippen molar-refractivity contribution in [3.05, 3.63) is 59.2 Å². The summed E-state index contributed by atoms with van der Waals surface area (Å²) in [5, 5.41) is 0. The molecule has 1 heterocycles. The molecule has 0 aliphatic heterocycles. The monoisotopic (exact) mass is 237 g/mol. The van der Waals surface area contributed by atoms with Crippen LogP contribution in [0, 0.1) is 6.92 Å². The van der Waals surface area contributed by atoms with Crippen LogP contribution in [-0.4, -0.2) is 9.97 Å². The fraction of sp³-hybridized carbons (Fsp3) is 0.133. The molecule has 0 aliphatic carbocycles. The lowest BCUT2D eigenvalue weighted by Crippen LogP contribution is -1.93. The first-order valence-corrected chi connectivity index (χ1v) is 6.01. The Balaban J connectivity index is 2.13. The van der Waals surface area contributed by atoms with Gasteiger partial charge in [0.15, 0.2) is 5.95 Å². The van der Waals surface area contributed by atoms with Gasteiger partial charge in [-0.05, 0) is 36.1 Å². The number of benzene rings is 2. The Morgan fingerprint density at radius 2 is 1.89 bits per heavy atom. The maximum atomic E-state index is 5.74. The number of nitrogens with zero attached hydrogens (tertiary/aromatic N) is 1. The minimum Gasteiger partial charge on any atom is -0.369 e. The van der Waals surface area contributed by atoms with Gasteiger partial charge in [-0.1, -0.05) is 36.4 Å².